The lowest BCUT2D eigenvalue weighted by molar-refractivity contribution is -0.0447. The Morgan fingerprint density at radius 3 is 2.46 bits per heavy atom. The van der Waals surface area contributed by atoms with Crippen molar-refractivity contribution < 1.29 is 9.53 Å². The molecule has 2 saturated carbocycles. The highest BCUT2D eigenvalue weighted by molar-refractivity contribution is 6.74. The van der Waals surface area contributed by atoms with E-state index in [-0.39, 0.29) is 22.0 Å². The van der Waals surface area contributed by atoms with Gasteiger partial charge in [-0.3, -0.25) is 0 Å². The lowest BCUT2D eigenvalue weighted by Crippen LogP contribution is -2.50. The third-order valence-electron chi connectivity index (χ3n) is 8.79. The Kier molecular flexibility index (Phi) is 4.74. The molecular formula is C23H40O2Si. The molecule has 3 aliphatic carbocycles. The van der Waals surface area contributed by atoms with Crippen LogP contribution in [0.4, 0.5) is 0 Å². The van der Waals surface area contributed by atoms with Gasteiger partial charge in [0.05, 0.1) is 11.7 Å². The highest BCUT2D eigenvalue weighted by Crippen LogP contribution is 2.72. The topological polar surface area (TPSA) is 29.5 Å². The van der Waals surface area contributed by atoms with Crippen LogP contribution >= 0.6 is 0 Å². The number of aliphatic hydroxyl groups is 1. The summed E-state index contributed by atoms with van der Waals surface area (Å²) in [6.07, 6.45) is 11.0. The Hall–Kier alpha value is -0.383. The van der Waals surface area contributed by atoms with Crippen molar-refractivity contribution in [1.82, 2.24) is 0 Å². The average Bonchev–Trinajstić information content (AvgIpc) is 2.87. The summed E-state index contributed by atoms with van der Waals surface area (Å²) in [7, 11) is -1.80. The second-order valence-electron chi connectivity index (χ2n) is 11.2. The van der Waals surface area contributed by atoms with Crippen molar-refractivity contribution in [2.45, 2.75) is 103 Å². The molecule has 0 aliphatic heterocycles. The van der Waals surface area contributed by atoms with Crippen LogP contribution in [-0.2, 0) is 4.43 Å². The lowest BCUT2D eigenvalue weighted by Gasteiger charge is -2.48. The molecule has 2 nitrogen and oxygen atoms in total. The van der Waals surface area contributed by atoms with Crippen molar-refractivity contribution in [1.29, 1.82) is 0 Å². The molecule has 4 atom stereocenters. The van der Waals surface area contributed by atoms with Gasteiger partial charge in [-0.25, -0.2) is 0 Å². The molecule has 0 saturated heterocycles. The largest absolute Gasteiger partial charge is 0.411 e. The van der Waals surface area contributed by atoms with E-state index in [0.29, 0.717) is 5.92 Å². The van der Waals surface area contributed by atoms with Gasteiger partial charge in [-0.05, 0) is 73.6 Å². The predicted octanol–water partition coefficient (Wildman–Crippen LogP) is 6.23. The van der Waals surface area contributed by atoms with E-state index in [1.807, 2.05) is 0 Å². The second-order valence-corrected chi connectivity index (χ2v) is 16.0. The van der Waals surface area contributed by atoms with Crippen LogP contribution in [0.3, 0.4) is 0 Å². The summed E-state index contributed by atoms with van der Waals surface area (Å²) in [5, 5.41) is 12.2. The molecule has 0 aromatic rings. The molecule has 3 aliphatic rings. The van der Waals surface area contributed by atoms with Gasteiger partial charge in [0, 0.05) is 5.41 Å². The first-order valence-corrected chi connectivity index (χ1v) is 13.5. The fraction of sp³-hybridized carbons (Fsp3) is 0.826. The van der Waals surface area contributed by atoms with E-state index in [0.717, 1.165) is 32.1 Å². The van der Waals surface area contributed by atoms with Crippen molar-refractivity contribution in [3.05, 3.63) is 24.3 Å². The van der Waals surface area contributed by atoms with Gasteiger partial charge >= 0.3 is 0 Å². The Bertz CT molecular complexity index is 612. The number of rotatable bonds is 4. The van der Waals surface area contributed by atoms with Gasteiger partial charge in [-0.1, -0.05) is 46.8 Å². The van der Waals surface area contributed by atoms with Crippen molar-refractivity contribution >= 4 is 8.32 Å². The average molecular weight is 377 g/mol. The van der Waals surface area contributed by atoms with E-state index in [1.54, 1.807) is 0 Å². The van der Waals surface area contributed by atoms with E-state index < -0.39 is 13.9 Å². The first-order chi connectivity index (χ1) is 11.8. The molecule has 0 aromatic heterocycles. The first-order valence-electron chi connectivity index (χ1n) is 10.6. The summed E-state index contributed by atoms with van der Waals surface area (Å²) in [6.45, 7) is 20.4. The molecule has 0 heterocycles. The minimum Gasteiger partial charge on any atom is -0.411 e. The first kappa shape index (κ1) is 20.4. The third-order valence-corrected chi connectivity index (χ3v) is 13.3. The van der Waals surface area contributed by atoms with Crippen molar-refractivity contribution in [3.63, 3.8) is 0 Å². The van der Waals surface area contributed by atoms with Crippen LogP contribution in [-0.4, -0.2) is 25.1 Å². The molecule has 2 fully saturated rings. The molecule has 0 radical (unpaired) electrons. The maximum atomic E-state index is 12.0. The van der Waals surface area contributed by atoms with Gasteiger partial charge < -0.3 is 9.53 Å². The lowest BCUT2D eigenvalue weighted by atomic mass is 9.60. The third kappa shape index (κ3) is 2.64. The van der Waals surface area contributed by atoms with Crippen LogP contribution in [0.1, 0.15) is 73.1 Å². The zero-order valence-corrected chi connectivity index (χ0v) is 19.1. The maximum absolute atomic E-state index is 12.0. The van der Waals surface area contributed by atoms with Crippen LogP contribution in [0.25, 0.3) is 0 Å². The van der Waals surface area contributed by atoms with Gasteiger partial charge in [-0.15, -0.1) is 6.58 Å². The summed E-state index contributed by atoms with van der Waals surface area (Å²) in [4.78, 5) is 0. The molecule has 26 heavy (non-hydrogen) atoms. The van der Waals surface area contributed by atoms with Gasteiger partial charge in [0.15, 0.2) is 8.32 Å². The molecule has 0 amide bonds. The van der Waals surface area contributed by atoms with Crippen LogP contribution in [0.2, 0.25) is 18.1 Å². The smallest absolute Gasteiger partial charge is 0.192 e. The van der Waals surface area contributed by atoms with Gasteiger partial charge in [0.2, 0.25) is 0 Å². The van der Waals surface area contributed by atoms with Gasteiger partial charge in [0.1, 0.15) is 0 Å². The minimum absolute atomic E-state index is 0.123. The monoisotopic (exact) mass is 376 g/mol. The second kappa shape index (κ2) is 6.06. The van der Waals surface area contributed by atoms with Gasteiger partial charge in [0.25, 0.3) is 0 Å². The zero-order chi connectivity index (χ0) is 19.6. The summed E-state index contributed by atoms with van der Waals surface area (Å²) in [6, 6.07) is 0. The molecule has 2 bridgehead atoms. The van der Waals surface area contributed by atoms with E-state index in [1.165, 1.54) is 12.0 Å². The summed E-state index contributed by atoms with van der Waals surface area (Å²) in [5.41, 5.74) is 0.450. The molecule has 3 heteroatoms. The maximum Gasteiger partial charge on any atom is 0.192 e. The fourth-order valence-electron chi connectivity index (χ4n) is 5.91. The SMILES string of the molecule is C=C[C@@]12CC[C@@H](C[C@]1(O)C1=C[C@H](O[Si](C)(C)C(C)(C)C)CCC1)C2(C)C. The van der Waals surface area contributed by atoms with E-state index in [4.69, 9.17) is 4.43 Å². The number of hydrogen-bond donors (Lipinski definition) is 1. The Balaban J connectivity index is 1.92. The van der Waals surface area contributed by atoms with Gasteiger partial charge in [-0.2, -0.15) is 0 Å². The standard InChI is InChI=1S/C23H40O2Si/c1-9-22-14-13-18(21(22,5)6)16-23(22,24)17-11-10-12-19(15-17)25-26(7,8)20(2,3)4/h9,15,18-19,24H,1,10-14,16H2,2-8H3/t18-,19+,22-,23-/m0/s1. The summed E-state index contributed by atoms with van der Waals surface area (Å²) < 4.78 is 6.70. The molecule has 0 spiro atoms. The summed E-state index contributed by atoms with van der Waals surface area (Å²) in [5.74, 6) is 0.591. The van der Waals surface area contributed by atoms with Crippen LogP contribution in [0.5, 0.6) is 0 Å². The van der Waals surface area contributed by atoms with E-state index >= 15 is 0 Å². The van der Waals surface area contributed by atoms with Crippen LogP contribution in [0, 0.1) is 16.7 Å². The number of fused-ring (bicyclic) bond motifs is 2. The van der Waals surface area contributed by atoms with Crippen LogP contribution in [0.15, 0.2) is 24.3 Å². The molecule has 1 N–H and O–H groups in total. The molecule has 148 valence electrons. The van der Waals surface area contributed by atoms with Crippen molar-refractivity contribution in [3.8, 4) is 0 Å². The zero-order valence-electron chi connectivity index (χ0n) is 18.1. The Morgan fingerprint density at radius 2 is 1.92 bits per heavy atom. The van der Waals surface area contributed by atoms with E-state index in [9.17, 15) is 5.11 Å². The molecule has 0 unspecified atom stereocenters. The highest BCUT2D eigenvalue weighted by atomic mass is 28.4. The Labute approximate surface area is 162 Å². The van der Waals surface area contributed by atoms with E-state index in [2.05, 4.69) is 66.4 Å². The normalized spacial score (nSPS) is 39.8. The van der Waals surface area contributed by atoms with Crippen molar-refractivity contribution in [2.24, 2.45) is 16.7 Å². The van der Waals surface area contributed by atoms with Crippen LogP contribution < -0.4 is 0 Å². The highest BCUT2D eigenvalue weighted by Gasteiger charge is 2.70. The number of hydrogen-bond acceptors (Lipinski definition) is 2. The van der Waals surface area contributed by atoms with Crippen molar-refractivity contribution in [2.75, 3.05) is 0 Å². The fourth-order valence-corrected chi connectivity index (χ4v) is 7.21. The molecule has 0 aromatic carbocycles. The Morgan fingerprint density at radius 1 is 1.27 bits per heavy atom. The molecule has 3 rings (SSSR count). The minimum atomic E-state index is -1.80. The quantitative estimate of drug-likeness (QED) is 0.465. The molecular weight excluding hydrogens is 336 g/mol. The predicted molar refractivity (Wildman–Crippen MR) is 113 cm³/mol. The summed E-state index contributed by atoms with van der Waals surface area (Å²) >= 11 is 0.